The van der Waals surface area contributed by atoms with Crippen molar-refractivity contribution in [3.8, 4) is 0 Å². The summed E-state index contributed by atoms with van der Waals surface area (Å²) in [6.07, 6.45) is 1.01. The molecule has 0 saturated heterocycles. The molecule has 4 N–H and O–H groups in total. The Hall–Kier alpha value is -2.02. The summed E-state index contributed by atoms with van der Waals surface area (Å²) in [5, 5.41) is 5.37. The maximum absolute atomic E-state index is 12.6. The van der Waals surface area contributed by atoms with Gasteiger partial charge in [-0.1, -0.05) is 44.2 Å². The minimum Gasteiger partial charge on any atom is -0.368 e. The fraction of sp³-hybridized carbons (Fsp3) is 0.526. The highest BCUT2D eigenvalue weighted by Gasteiger charge is 2.27. The normalized spacial score (nSPS) is 14.3. The van der Waals surface area contributed by atoms with Crippen LogP contribution < -0.4 is 16.4 Å². The molecule has 0 saturated carbocycles. The van der Waals surface area contributed by atoms with E-state index >= 15 is 0 Å². The zero-order valence-electron chi connectivity index (χ0n) is 15.6. The Morgan fingerprint density at radius 1 is 1.04 bits per heavy atom. The summed E-state index contributed by atoms with van der Waals surface area (Å²) in [7, 11) is 0. The molecular weight excluding hydrogens is 350 g/mol. The molecular formula is C19H29N3O3S. The number of rotatable bonds is 10. The Bertz CT molecular complexity index is 607. The number of hydrogen-bond donors (Lipinski definition) is 4. The van der Waals surface area contributed by atoms with Gasteiger partial charge in [0.2, 0.25) is 17.7 Å². The molecule has 1 rings (SSSR count). The van der Waals surface area contributed by atoms with Crippen molar-refractivity contribution >= 4 is 30.4 Å². The zero-order chi connectivity index (χ0) is 19.7. The topological polar surface area (TPSA) is 101 Å². The van der Waals surface area contributed by atoms with Gasteiger partial charge in [-0.25, -0.2) is 0 Å². The summed E-state index contributed by atoms with van der Waals surface area (Å²) >= 11 is 4.26. The highest BCUT2D eigenvalue weighted by Crippen LogP contribution is 2.14. The molecule has 0 fully saturated rings. The molecule has 1 aromatic carbocycles. The van der Waals surface area contributed by atoms with E-state index < -0.39 is 23.9 Å². The van der Waals surface area contributed by atoms with E-state index in [1.807, 2.05) is 44.2 Å². The van der Waals surface area contributed by atoms with Crippen molar-refractivity contribution in [2.75, 3.05) is 5.75 Å². The highest BCUT2D eigenvalue weighted by molar-refractivity contribution is 7.80. The van der Waals surface area contributed by atoms with Gasteiger partial charge in [-0.15, -0.1) is 0 Å². The Kier molecular flexibility index (Phi) is 9.19. The smallest absolute Gasteiger partial charge is 0.243 e. The fourth-order valence-electron chi connectivity index (χ4n) is 2.57. The number of benzene rings is 1. The fourth-order valence-corrected chi connectivity index (χ4v) is 2.88. The van der Waals surface area contributed by atoms with Gasteiger partial charge >= 0.3 is 0 Å². The quantitative estimate of drug-likeness (QED) is 0.461. The van der Waals surface area contributed by atoms with Gasteiger partial charge in [0, 0.05) is 18.1 Å². The summed E-state index contributed by atoms with van der Waals surface area (Å²) in [6.45, 7) is 5.58. The van der Waals surface area contributed by atoms with E-state index in [2.05, 4.69) is 23.3 Å². The third kappa shape index (κ3) is 7.47. The number of hydrogen-bond acceptors (Lipinski definition) is 4. The van der Waals surface area contributed by atoms with Crippen molar-refractivity contribution in [2.24, 2.45) is 17.6 Å². The maximum Gasteiger partial charge on any atom is 0.243 e. The molecule has 3 atom stereocenters. The van der Waals surface area contributed by atoms with E-state index in [1.165, 1.54) is 6.92 Å². The van der Waals surface area contributed by atoms with Crippen LogP contribution >= 0.6 is 12.6 Å². The Labute approximate surface area is 160 Å². The van der Waals surface area contributed by atoms with E-state index in [0.717, 1.165) is 5.56 Å². The predicted octanol–water partition coefficient (Wildman–Crippen LogP) is 1.30. The van der Waals surface area contributed by atoms with Crippen LogP contribution in [-0.4, -0.2) is 35.6 Å². The largest absolute Gasteiger partial charge is 0.368 e. The predicted molar refractivity (Wildman–Crippen MR) is 106 cm³/mol. The van der Waals surface area contributed by atoms with Crippen molar-refractivity contribution in [3.05, 3.63) is 35.9 Å². The van der Waals surface area contributed by atoms with E-state index in [4.69, 9.17) is 5.73 Å². The summed E-state index contributed by atoms with van der Waals surface area (Å²) < 4.78 is 0. The van der Waals surface area contributed by atoms with Crippen molar-refractivity contribution < 1.29 is 14.4 Å². The van der Waals surface area contributed by atoms with Crippen molar-refractivity contribution in [2.45, 2.75) is 45.7 Å². The lowest BCUT2D eigenvalue weighted by Gasteiger charge is -2.23. The number of carbonyl (C=O) groups excluding carboxylic acids is 3. The summed E-state index contributed by atoms with van der Waals surface area (Å²) in [5.41, 5.74) is 6.12. The summed E-state index contributed by atoms with van der Waals surface area (Å²) in [4.78, 5) is 36.4. The van der Waals surface area contributed by atoms with Gasteiger partial charge in [0.25, 0.3) is 0 Å². The van der Waals surface area contributed by atoms with E-state index in [-0.39, 0.29) is 11.8 Å². The molecule has 7 heteroatoms. The number of nitrogens with one attached hydrogen (secondary N) is 2. The molecule has 0 radical (unpaired) electrons. The van der Waals surface area contributed by atoms with Crippen molar-refractivity contribution in [1.82, 2.24) is 10.6 Å². The third-order valence-corrected chi connectivity index (χ3v) is 4.49. The molecule has 3 amide bonds. The molecule has 26 heavy (non-hydrogen) atoms. The molecule has 0 spiro atoms. The van der Waals surface area contributed by atoms with Gasteiger partial charge in [-0.2, -0.15) is 12.6 Å². The van der Waals surface area contributed by atoms with Gasteiger partial charge < -0.3 is 16.4 Å². The number of primary amides is 1. The first-order chi connectivity index (χ1) is 12.2. The standard InChI is InChI=1S/C19H29N3O3S/c1-12(2)9-15(11-26)18(24)22-16(10-14-7-5-4-6-8-14)19(25)21-13(3)17(20)23/h4-8,12-13,15-16,26H,9-11H2,1-3H3,(H2,20,23)(H,21,25)(H,22,24)/t13-,15-,16-/m0/s1. The molecule has 0 aromatic heterocycles. The van der Waals surface area contributed by atoms with Crippen LogP contribution in [-0.2, 0) is 20.8 Å². The monoisotopic (exact) mass is 379 g/mol. The number of carbonyl (C=O) groups is 3. The number of thiol groups is 1. The number of nitrogens with two attached hydrogens (primary N) is 1. The lowest BCUT2D eigenvalue weighted by atomic mass is 9.97. The zero-order valence-corrected chi connectivity index (χ0v) is 16.5. The third-order valence-electron chi connectivity index (χ3n) is 4.05. The first-order valence-electron chi connectivity index (χ1n) is 8.79. The molecule has 0 heterocycles. The molecule has 0 aliphatic rings. The van der Waals surface area contributed by atoms with Gasteiger partial charge in [-0.3, -0.25) is 14.4 Å². The van der Waals surface area contributed by atoms with E-state index in [9.17, 15) is 14.4 Å². The van der Waals surface area contributed by atoms with Crippen LogP contribution in [0.3, 0.4) is 0 Å². The van der Waals surface area contributed by atoms with Crippen LogP contribution in [0.2, 0.25) is 0 Å². The van der Waals surface area contributed by atoms with Crippen molar-refractivity contribution in [1.29, 1.82) is 0 Å². The average Bonchev–Trinajstić information content (AvgIpc) is 2.59. The van der Waals surface area contributed by atoms with E-state index in [1.54, 1.807) is 0 Å². The summed E-state index contributed by atoms with van der Waals surface area (Å²) in [5.74, 6) is -0.808. The van der Waals surface area contributed by atoms with E-state index in [0.29, 0.717) is 24.5 Å². The first-order valence-corrected chi connectivity index (χ1v) is 9.42. The molecule has 1 aromatic rings. The van der Waals surface area contributed by atoms with Gasteiger partial charge in [0.15, 0.2) is 0 Å². The second kappa shape index (κ2) is 10.9. The minimum absolute atomic E-state index is 0.212. The summed E-state index contributed by atoms with van der Waals surface area (Å²) in [6, 6.07) is 7.78. The molecule has 0 aliphatic heterocycles. The van der Waals surface area contributed by atoms with Crippen molar-refractivity contribution in [3.63, 3.8) is 0 Å². The lowest BCUT2D eigenvalue weighted by Crippen LogP contribution is -2.53. The molecule has 0 aliphatic carbocycles. The Morgan fingerprint density at radius 2 is 1.65 bits per heavy atom. The van der Waals surface area contributed by atoms with Crippen LogP contribution in [0.5, 0.6) is 0 Å². The number of amides is 3. The molecule has 6 nitrogen and oxygen atoms in total. The maximum atomic E-state index is 12.6. The first kappa shape index (κ1) is 22.0. The second-order valence-corrected chi connectivity index (χ2v) is 7.26. The Balaban J connectivity index is 2.90. The lowest BCUT2D eigenvalue weighted by molar-refractivity contribution is -0.132. The van der Waals surface area contributed by atoms with Crippen LogP contribution in [0.1, 0.15) is 32.8 Å². The second-order valence-electron chi connectivity index (χ2n) is 6.89. The molecule has 0 unspecified atom stereocenters. The van der Waals surface area contributed by atoms with Crippen LogP contribution in [0.15, 0.2) is 30.3 Å². The Morgan fingerprint density at radius 3 is 2.15 bits per heavy atom. The van der Waals surface area contributed by atoms with Crippen LogP contribution in [0, 0.1) is 11.8 Å². The van der Waals surface area contributed by atoms with Crippen LogP contribution in [0.25, 0.3) is 0 Å². The van der Waals surface area contributed by atoms with Gasteiger partial charge in [-0.05, 0) is 24.8 Å². The molecule has 144 valence electrons. The minimum atomic E-state index is -0.811. The van der Waals surface area contributed by atoms with Gasteiger partial charge in [0.05, 0.1) is 0 Å². The average molecular weight is 380 g/mol. The van der Waals surface area contributed by atoms with Crippen LogP contribution in [0.4, 0.5) is 0 Å². The SMILES string of the molecule is CC(C)C[C@@H](CS)C(=O)N[C@@H](Cc1ccccc1)C(=O)N[C@@H](C)C(N)=O. The van der Waals surface area contributed by atoms with Gasteiger partial charge in [0.1, 0.15) is 12.1 Å². The highest BCUT2D eigenvalue weighted by atomic mass is 32.1. The molecule has 0 bridgehead atoms.